The molecule has 0 unspecified atom stereocenters. The number of aromatic nitrogens is 3. The van der Waals surface area contributed by atoms with Crippen LogP contribution in [0.4, 0.5) is 0 Å². The van der Waals surface area contributed by atoms with Gasteiger partial charge in [-0.1, -0.05) is 13.0 Å². The third kappa shape index (κ3) is 6.65. The van der Waals surface area contributed by atoms with Crippen LogP contribution in [0, 0.1) is 11.8 Å². The van der Waals surface area contributed by atoms with Gasteiger partial charge in [-0.2, -0.15) is 0 Å². The summed E-state index contributed by atoms with van der Waals surface area (Å²) in [6.07, 6.45) is 9.77. The molecule has 2 fully saturated rings. The molecule has 7 nitrogen and oxygen atoms in total. The first kappa shape index (κ1) is 28.3. The number of hydrogen-bond donors (Lipinski definition) is 2. The Morgan fingerprint density at radius 2 is 1.63 bits per heavy atom. The van der Waals surface area contributed by atoms with Gasteiger partial charge in [0.2, 0.25) is 0 Å². The van der Waals surface area contributed by atoms with Crippen molar-refractivity contribution < 1.29 is 9.47 Å². The number of hydrogen-bond acceptors (Lipinski definition) is 6. The minimum atomic E-state index is 0.608. The van der Waals surface area contributed by atoms with E-state index in [9.17, 15) is 0 Å². The van der Waals surface area contributed by atoms with Crippen molar-refractivity contribution in [3.05, 3.63) is 53.2 Å². The first-order valence-corrected chi connectivity index (χ1v) is 16.4. The molecule has 2 N–H and O–H groups in total. The molecule has 3 aromatic heterocycles. The van der Waals surface area contributed by atoms with Crippen LogP contribution in [0.25, 0.3) is 21.7 Å². The quantitative estimate of drug-likeness (QED) is 0.215. The van der Waals surface area contributed by atoms with E-state index in [1.807, 2.05) is 0 Å². The first-order chi connectivity index (χ1) is 20.2. The Morgan fingerprint density at radius 3 is 2.32 bits per heavy atom. The molecule has 2 aliphatic heterocycles. The topological polar surface area (TPSA) is 65.3 Å². The lowest BCUT2D eigenvalue weighted by molar-refractivity contribution is 0.185. The molecule has 0 spiro atoms. The minimum absolute atomic E-state index is 0.608. The Labute approximate surface area is 248 Å². The molecule has 6 rings (SSSR count). The summed E-state index contributed by atoms with van der Waals surface area (Å²) in [4.78, 5) is 4.87. The SMILES string of the molecule is CCc1cnc(-c2cc3sccc3n2C)n1CCCc1ccc(OCC2CCNCC2)c(OCC2CCNCC2)c1. The van der Waals surface area contributed by atoms with E-state index in [1.165, 1.54) is 52.9 Å². The molecule has 8 heteroatoms. The Bertz CT molecular complexity index is 1410. The van der Waals surface area contributed by atoms with E-state index in [4.69, 9.17) is 14.5 Å². The summed E-state index contributed by atoms with van der Waals surface area (Å²) in [7, 11) is 2.15. The molecule has 1 aromatic carbocycles. The molecule has 0 aliphatic carbocycles. The van der Waals surface area contributed by atoms with Gasteiger partial charge in [0.1, 0.15) is 0 Å². The molecule has 41 heavy (non-hydrogen) atoms. The Hall–Kier alpha value is -2.81. The largest absolute Gasteiger partial charge is 0.489 e. The predicted octanol–water partition coefficient (Wildman–Crippen LogP) is 6.06. The van der Waals surface area contributed by atoms with Crippen molar-refractivity contribution in [1.29, 1.82) is 0 Å². The molecule has 220 valence electrons. The van der Waals surface area contributed by atoms with Crippen LogP contribution in [-0.4, -0.2) is 53.5 Å². The van der Waals surface area contributed by atoms with Crippen LogP contribution in [0.5, 0.6) is 11.5 Å². The van der Waals surface area contributed by atoms with Gasteiger partial charge in [0.15, 0.2) is 17.3 Å². The van der Waals surface area contributed by atoms with Gasteiger partial charge in [-0.3, -0.25) is 0 Å². The fourth-order valence-corrected chi connectivity index (χ4v) is 7.15. The van der Waals surface area contributed by atoms with E-state index in [0.29, 0.717) is 11.8 Å². The lowest BCUT2D eigenvalue weighted by atomic mass is 9.99. The molecule has 0 saturated carbocycles. The highest BCUT2D eigenvalue weighted by atomic mass is 32.1. The molecule has 4 aromatic rings. The van der Waals surface area contributed by atoms with E-state index in [0.717, 1.165) is 82.5 Å². The van der Waals surface area contributed by atoms with Crippen LogP contribution < -0.4 is 20.1 Å². The van der Waals surface area contributed by atoms with Crippen molar-refractivity contribution in [1.82, 2.24) is 24.8 Å². The number of imidazole rings is 1. The van der Waals surface area contributed by atoms with E-state index in [1.54, 1.807) is 11.3 Å². The maximum Gasteiger partial charge on any atom is 0.161 e. The standard InChI is InChI=1S/C33H45N5O2S/c1-3-27-21-36-33(29-20-32-28(37(29)2)12-18-41-32)38(27)17-4-5-24-6-7-30(39-22-25-8-13-34-14-9-25)31(19-24)40-23-26-10-15-35-16-11-26/h6-7,12,18-21,25-26,34-35H,3-5,8-11,13-17,22-23H2,1-2H3. The highest BCUT2D eigenvalue weighted by Gasteiger charge is 2.19. The summed E-state index contributed by atoms with van der Waals surface area (Å²) in [5, 5.41) is 9.08. The third-order valence-electron chi connectivity index (χ3n) is 8.92. The van der Waals surface area contributed by atoms with Crippen LogP contribution in [0.1, 0.15) is 50.3 Å². The van der Waals surface area contributed by atoms with Crippen molar-refractivity contribution in [3.8, 4) is 23.0 Å². The van der Waals surface area contributed by atoms with Crippen LogP contribution >= 0.6 is 11.3 Å². The average molecular weight is 576 g/mol. The van der Waals surface area contributed by atoms with Crippen molar-refractivity contribution in [2.45, 2.75) is 58.4 Å². The number of fused-ring (bicyclic) bond motifs is 1. The van der Waals surface area contributed by atoms with Crippen LogP contribution in [0.15, 0.2) is 41.9 Å². The van der Waals surface area contributed by atoms with E-state index in [2.05, 4.69) is 75.6 Å². The lowest BCUT2D eigenvalue weighted by Crippen LogP contribution is -2.31. The summed E-state index contributed by atoms with van der Waals surface area (Å²) < 4.78 is 18.9. The molecule has 0 radical (unpaired) electrons. The second-order valence-electron chi connectivity index (χ2n) is 11.7. The van der Waals surface area contributed by atoms with Crippen LogP contribution in [0.3, 0.4) is 0 Å². The molecule has 2 aliphatic rings. The lowest BCUT2D eigenvalue weighted by Gasteiger charge is -2.25. The number of rotatable bonds is 12. The normalized spacial score (nSPS) is 16.9. The van der Waals surface area contributed by atoms with Crippen LogP contribution in [0.2, 0.25) is 0 Å². The second kappa shape index (κ2) is 13.4. The van der Waals surface area contributed by atoms with Crippen LogP contribution in [-0.2, 0) is 26.4 Å². The van der Waals surface area contributed by atoms with Gasteiger partial charge < -0.3 is 29.2 Å². The number of benzene rings is 1. The van der Waals surface area contributed by atoms with Gasteiger partial charge in [-0.15, -0.1) is 11.3 Å². The third-order valence-corrected chi connectivity index (χ3v) is 9.77. The summed E-state index contributed by atoms with van der Waals surface area (Å²) in [6, 6.07) is 11.1. The van der Waals surface area contributed by atoms with Gasteiger partial charge in [0.25, 0.3) is 0 Å². The number of nitrogens with one attached hydrogen (secondary N) is 2. The van der Waals surface area contributed by atoms with E-state index in [-0.39, 0.29) is 0 Å². The van der Waals surface area contributed by atoms with Crippen molar-refractivity contribution >= 4 is 21.6 Å². The minimum Gasteiger partial charge on any atom is -0.489 e. The summed E-state index contributed by atoms with van der Waals surface area (Å²) in [5.74, 6) is 4.11. The highest BCUT2D eigenvalue weighted by molar-refractivity contribution is 7.17. The molecule has 2 saturated heterocycles. The monoisotopic (exact) mass is 575 g/mol. The van der Waals surface area contributed by atoms with Crippen molar-refractivity contribution in [2.75, 3.05) is 39.4 Å². The maximum atomic E-state index is 6.48. The Morgan fingerprint density at radius 1 is 0.927 bits per heavy atom. The van der Waals surface area contributed by atoms with Gasteiger partial charge in [-0.25, -0.2) is 4.98 Å². The number of thiophene rings is 1. The van der Waals surface area contributed by atoms with E-state index < -0.39 is 0 Å². The fraction of sp³-hybridized carbons (Fsp3) is 0.545. The van der Waals surface area contributed by atoms with Crippen molar-refractivity contribution in [2.24, 2.45) is 18.9 Å². The fourth-order valence-electron chi connectivity index (χ4n) is 6.31. The molecule has 0 amide bonds. The molecule has 0 atom stereocenters. The summed E-state index contributed by atoms with van der Waals surface area (Å²) in [5.41, 5.74) is 5.06. The zero-order valence-electron chi connectivity index (χ0n) is 24.7. The van der Waals surface area contributed by atoms with Crippen molar-refractivity contribution in [3.63, 3.8) is 0 Å². The Kier molecular flexibility index (Phi) is 9.29. The number of piperidine rings is 2. The molecular weight excluding hydrogens is 530 g/mol. The van der Waals surface area contributed by atoms with Gasteiger partial charge >= 0.3 is 0 Å². The van der Waals surface area contributed by atoms with E-state index >= 15 is 0 Å². The first-order valence-electron chi connectivity index (χ1n) is 15.6. The average Bonchev–Trinajstić information content (AvgIpc) is 3.72. The predicted molar refractivity (Wildman–Crippen MR) is 168 cm³/mol. The number of ether oxygens (including phenoxy) is 2. The molecule has 0 bridgehead atoms. The highest BCUT2D eigenvalue weighted by Crippen LogP contribution is 2.33. The number of aryl methyl sites for hydroxylation is 3. The van der Waals surface area contributed by atoms with Gasteiger partial charge in [0, 0.05) is 25.5 Å². The molecular formula is C33H45N5O2S. The second-order valence-corrected chi connectivity index (χ2v) is 12.7. The molecule has 5 heterocycles. The maximum absolute atomic E-state index is 6.48. The smallest absolute Gasteiger partial charge is 0.161 e. The van der Waals surface area contributed by atoms with Gasteiger partial charge in [0.05, 0.1) is 29.1 Å². The summed E-state index contributed by atoms with van der Waals surface area (Å²) >= 11 is 1.79. The Balaban J connectivity index is 1.14. The zero-order chi connectivity index (χ0) is 28.0. The summed E-state index contributed by atoms with van der Waals surface area (Å²) in [6.45, 7) is 9.05. The zero-order valence-corrected chi connectivity index (χ0v) is 25.5. The number of nitrogens with zero attached hydrogens (tertiary/aromatic N) is 3. The van der Waals surface area contributed by atoms with Gasteiger partial charge in [-0.05, 0) is 118 Å².